The number of carbonyl (C=O) groups excluding carboxylic acids is 1. The predicted molar refractivity (Wildman–Crippen MR) is 79.1 cm³/mol. The Bertz CT molecular complexity index is 628. The van der Waals surface area contributed by atoms with E-state index in [1.54, 1.807) is 4.90 Å². The van der Waals surface area contributed by atoms with Crippen molar-refractivity contribution in [2.75, 3.05) is 11.4 Å². The molecule has 20 heavy (non-hydrogen) atoms. The lowest BCUT2D eigenvalue weighted by molar-refractivity contribution is 0.147. The maximum Gasteiger partial charge on any atom is 0.414 e. The fourth-order valence-corrected chi connectivity index (χ4v) is 2.64. The number of hydrogen-bond donors (Lipinski definition) is 0. The number of rotatable bonds is 2. The summed E-state index contributed by atoms with van der Waals surface area (Å²) < 4.78 is 5.35. The van der Waals surface area contributed by atoms with Crippen LogP contribution < -0.4 is 4.90 Å². The van der Waals surface area contributed by atoms with E-state index in [0.29, 0.717) is 11.6 Å². The molecule has 1 aliphatic rings. The Morgan fingerprint density at radius 3 is 2.75 bits per heavy atom. The average molecular weight is 288 g/mol. The molecule has 0 aliphatic carbocycles. The zero-order valence-corrected chi connectivity index (χ0v) is 11.6. The van der Waals surface area contributed by atoms with E-state index < -0.39 is 0 Å². The molecule has 1 aliphatic heterocycles. The van der Waals surface area contributed by atoms with Crippen molar-refractivity contribution in [1.29, 1.82) is 0 Å². The van der Waals surface area contributed by atoms with Crippen molar-refractivity contribution < 1.29 is 9.53 Å². The van der Waals surface area contributed by atoms with E-state index in [-0.39, 0.29) is 12.7 Å². The highest BCUT2D eigenvalue weighted by Crippen LogP contribution is 2.33. The summed E-state index contributed by atoms with van der Waals surface area (Å²) in [6, 6.07) is 15.2. The van der Waals surface area contributed by atoms with Crippen LogP contribution in [0.25, 0.3) is 0 Å². The van der Waals surface area contributed by atoms with Gasteiger partial charge in [0.2, 0.25) is 0 Å². The number of halogens is 1. The lowest BCUT2D eigenvalue weighted by Crippen LogP contribution is -2.29. The van der Waals surface area contributed by atoms with E-state index in [0.717, 1.165) is 23.2 Å². The first-order chi connectivity index (χ1) is 9.75. The number of hydrogen-bond acceptors (Lipinski definition) is 2. The number of benzene rings is 2. The summed E-state index contributed by atoms with van der Waals surface area (Å²) in [5.74, 6) is 0. The summed E-state index contributed by atoms with van der Waals surface area (Å²) in [6.45, 7) is 0.902. The van der Waals surface area contributed by atoms with E-state index in [1.807, 2.05) is 48.5 Å². The van der Waals surface area contributed by atoms with Crippen molar-refractivity contribution in [1.82, 2.24) is 0 Å². The third-order valence-corrected chi connectivity index (χ3v) is 3.75. The highest BCUT2D eigenvalue weighted by molar-refractivity contribution is 6.32. The summed E-state index contributed by atoms with van der Waals surface area (Å²) in [4.78, 5) is 13.8. The van der Waals surface area contributed by atoms with Crippen molar-refractivity contribution in [3.63, 3.8) is 0 Å². The Balaban J connectivity index is 1.70. The molecule has 3 rings (SSSR count). The van der Waals surface area contributed by atoms with Crippen LogP contribution in [-0.4, -0.2) is 12.6 Å². The van der Waals surface area contributed by atoms with Crippen LogP contribution in [-0.2, 0) is 17.8 Å². The number of carbonyl (C=O) groups is 1. The molecule has 0 bridgehead atoms. The van der Waals surface area contributed by atoms with Gasteiger partial charge in [-0.2, -0.15) is 0 Å². The Kier molecular flexibility index (Phi) is 3.61. The van der Waals surface area contributed by atoms with Gasteiger partial charge in [-0.1, -0.05) is 48.0 Å². The Labute approximate surface area is 122 Å². The molecule has 0 N–H and O–H groups in total. The van der Waals surface area contributed by atoms with E-state index in [4.69, 9.17) is 16.3 Å². The molecular formula is C16H14ClNO2. The van der Waals surface area contributed by atoms with Crippen LogP contribution in [0.15, 0.2) is 48.5 Å². The molecule has 0 spiro atoms. The molecule has 2 aromatic carbocycles. The van der Waals surface area contributed by atoms with Gasteiger partial charge in [-0.05, 0) is 29.7 Å². The number of anilines is 1. The van der Waals surface area contributed by atoms with Gasteiger partial charge < -0.3 is 4.74 Å². The lowest BCUT2D eigenvalue weighted by atomic mass is 10.2. The third-order valence-electron chi connectivity index (χ3n) is 3.40. The molecule has 0 radical (unpaired) electrons. The molecule has 0 atom stereocenters. The zero-order chi connectivity index (χ0) is 13.9. The van der Waals surface area contributed by atoms with E-state index in [9.17, 15) is 4.79 Å². The summed E-state index contributed by atoms with van der Waals surface area (Å²) in [6.07, 6.45) is 0.449. The number of ether oxygens (including phenoxy) is 1. The zero-order valence-electron chi connectivity index (χ0n) is 10.9. The molecule has 0 aromatic heterocycles. The minimum absolute atomic E-state index is 0.284. The standard InChI is InChI=1S/C16H14ClNO2/c17-14-7-4-8-15-13(14)9-10-18(15)16(19)20-11-12-5-2-1-3-6-12/h1-8H,9-11H2. The van der Waals surface area contributed by atoms with Crippen molar-refractivity contribution in [3.05, 3.63) is 64.7 Å². The smallest absolute Gasteiger partial charge is 0.414 e. The second kappa shape index (κ2) is 5.55. The number of fused-ring (bicyclic) bond motifs is 1. The number of nitrogens with zero attached hydrogens (tertiary/aromatic N) is 1. The van der Waals surface area contributed by atoms with Crippen LogP contribution in [0.2, 0.25) is 5.02 Å². The predicted octanol–water partition coefficient (Wildman–Crippen LogP) is 4.04. The van der Waals surface area contributed by atoms with Crippen molar-refractivity contribution in [2.45, 2.75) is 13.0 Å². The van der Waals surface area contributed by atoms with Crippen molar-refractivity contribution in [2.24, 2.45) is 0 Å². The minimum atomic E-state index is -0.324. The van der Waals surface area contributed by atoms with Crippen LogP contribution in [0.3, 0.4) is 0 Å². The van der Waals surface area contributed by atoms with Crippen molar-refractivity contribution >= 4 is 23.4 Å². The summed E-state index contributed by atoms with van der Waals surface area (Å²) >= 11 is 6.13. The van der Waals surface area contributed by atoms with Crippen LogP contribution in [0.5, 0.6) is 0 Å². The minimum Gasteiger partial charge on any atom is -0.444 e. The first-order valence-corrected chi connectivity index (χ1v) is 6.89. The van der Waals surface area contributed by atoms with E-state index in [1.165, 1.54) is 0 Å². The van der Waals surface area contributed by atoms with Crippen LogP contribution >= 0.6 is 11.6 Å². The molecule has 1 amide bonds. The highest BCUT2D eigenvalue weighted by Gasteiger charge is 2.27. The molecule has 4 heteroatoms. The van der Waals surface area contributed by atoms with E-state index >= 15 is 0 Å². The quantitative estimate of drug-likeness (QED) is 0.834. The maximum atomic E-state index is 12.2. The number of amides is 1. The summed E-state index contributed by atoms with van der Waals surface area (Å²) in [7, 11) is 0. The average Bonchev–Trinajstić information content (AvgIpc) is 2.91. The maximum absolute atomic E-state index is 12.2. The first-order valence-electron chi connectivity index (χ1n) is 6.51. The second-order valence-electron chi connectivity index (χ2n) is 4.68. The van der Waals surface area contributed by atoms with E-state index in [2.05, 4.69) is 0 Å². The molecule has 0 saturated carbocycles. The highest BCUT2D eigenvalue weighted by atomic mass is 35.5. The molecule has 2 aromatic rings. The molecule has 3 nitrogen and oxygen atoms in total. The molecule has 1 heterocycles. The van der Waals surface area contributed by atoms with Crippen LogP contribution in [0.1, 0.15) is 11.1 Å². The fourth-order valence-electron chi connectivity index (χ4n) is 2.38. The van der Waals surface area contributed by atoms with Gasteiger partial charge in [-0.15, -0.1) is 0 Å². The van der Waals surface area contributed by atoms with Crippen LogP contribution in [0, 0.1) is 0 Å². The van der Waals surface area contributed by atoms with Gasteiger partial charge in [0.05, 0.1) is 5.69 Å². The lowest BCUT2D eigenvalue weighted by Gasteiger charge is -2.17. The molecule has 102 valence electrons. The van der Waals surface area contributed by atoms with Gasteiger partial charge in [0.1, 0.15) is 6.61 Å². The Hall–Kier alpha value is -2.00. The monoisotopic (exact) mass is 287 g/mol. The molecular weight excluding hydrogens is 274 g/mol. The Morgan fingerprint density at radius 2 is 1.95 bits per heavy atom. The summed E-state index contributed by atoms with van der Waals surface area (Å²) in [5, 5.41) is 0.709. The molecule has 0 saturated heterocycles. The van der Waals surface area contributed by atoms with Gasteiger partial charge in [-0.3, -0.25) is 4.90 Å². The molecule has 0 unspecified atom stereocenters. The summed E-state index contributed by atoms with van der Waals surface area (Å²) in [5.41, 5.74) is 2.85. The second-order valence-corrected chi connectivity index (χ2v) is 5.09. The third kappa shape index (κ3) is 2.49. The molecule has 0 fully saturated rings. The topological polar surface area (TPSA) is 29.5 Å². The normalized spacial score (nSPS) is 13.2. The van der Waals surface area contributed by atoms with Crippen LogP contribution in [0.4, 0.5) is 10.5 Å². The van der Waals surface area contributed by atoms with Crippen molar-refractivity contribution in [3.8, 4) is 0 Å². The van der Waals surface area contributed by atoms with Gasteiger partial charge >= 0.3 is 6.09 Å². The first kappa shape index (κ1) is 13.0. The van der Waals surface area contributed by atoms with Gasteiger partial charge in [0, 0.05) is 11.6 Å². The largest absolute Gasteiger partial charge is 0.444 e. The Morgan fingerprint density at radius 1 is 1.15 bits per heavy atom. The fraction of sp³-hybridized carbons (Fsp3) is 0.188. The van der Waals surface area contributed by atoms with Gasteiger partial charge in [-0.25, -0.2) is 4.79 Å². The van der Waals surface area contributed by atoms with Gasteiger partial charge in [0.25, 0.3) is 0 Å². The van der Waals surface area contributed by atoms with Gasteiger partial charge in [0.15, 0.2) is 0 Å². The SMILES string of the molecule is O=C(OCc1ccccc1)N1CCc2c(Cl)cccc21.